The molecular formula is C26H31N3O3. The van der Waals surface area contributed by atoms with E-state index in [0.717, 1.165) is 66.1 Å². The van der Waals surface area contributed by atoms with E-state index in [1.54, 1.807) is 14.2 Å². The van der Waals surface area contributed by atoms with Crippen LogP contribution in [0.2, 0.25) is 0 Å². The van der Waals surface area contributed by atoms with Gasteiger partial charge in [-0.2, -0.15) is 0 Å². The zero-order valence-electron chi connectivity index (χ0n) is 18.8. The molecule has 2 aromatic carbocycles. The van der Waals surface area contributed by atoms with Gasteiger partial charge in [-0.3, -0.25) is 4.79 Å². The van der Waals surface area contributed by atoms with Crippen molar-refractivity contribution in [3.05, 3.63) is 60.2 Å². The summed E-state index contributed by atoms with van der Waals surface area (Å²) >= 11 is 0. The lowest BCUT2D eigenvalue weighted by Crippen LogP contribution is -2.36. The summed E-state index contributed by atoms with van der Waals surface area (Å²) in [5.74, 6) is 3.17. The maximum Gasteiger partial charge on any atom is 0.220 e. The predicted molar refractivity (Wildman–Crippen MR) is 127 cm³/mol. The van der Waals surface area contributed by atoms with Gasteiger partial charge in [0.1, 0.15) is 22.8 Å². The molecular weight excluding hydrogens is 402 g/mol. The summed E-state index contributed by atoms with van der Waals surface area (Å²) in [5.41, 5.74) is 1.94. The Balaban J connectivity index is 1.31. The molecule has 4 rings (SSSR count). The first-order valence-corrected chi connectivity index (χ1v) is 11.2. The number of piperidine rings is 1. The first-order valence-electron chi connectivity index (χ1n) is 11.2. The van der Waals surface area contributed by atoms with E-state index in [0.29, 0.717) is 18.9 Å². The largest absolute Gasteiger partial charge is 0.497 e. The van der Waals surface area contributed by atoms with Gasteiger partial charge in [0.15, 0.2) is 0 Å². The van der Waals surface area contributed by atoms with Crippen molar-refractivity contribution >= 4 is 22.6 Å². The maximum atomic E-state index is 12.4. The highest BCUT2D eigenvalue weighted by Gasteiger charge is 2.22. The number of carbonyl (C=O) groups excluding carboxylic acids is 1. The number of rotatable bonds is 8. The molecule has 1 amide bonds. The van der Waals surface area contributed by atoms with E-state index in [1.165, 1.54) is 0 Å². The van der Waals surface area contributed by atoms with Crippen LogP contribution in [0.5, 0.6) is 11.5 Å². The Morgan fingerprint density at radius 2 is 2.00 bits per heavy atom. The van der Waals surface area contributed by atoms with Crippen LogP contribution < -0.4 is 19.7 Å². The lowest BCUT2D eigenvalue weighted by atomic mass is 9.93. The first kappa shape index (κ1) is 21.9. The number of benzene rings is 2. The topological polar surface area (TPSA) is 63.7 Å². The molecule has 1 saturated heterocycles. The van der Waals surface area contributed by atoms with E-state index < -0.39 is 0 Å². The molecule has 168 valence electrons. The molecule has 1 N–H and O–H groups in total. The van der Waals surface area contributed by atoms with E-state index in [9.17, 15) is 4.79 Å². The van der Waals surface area contributed by atoms with Crippen LogP contribution in [-0.2, 0) is 11.3 Å². The number of nitrogens with zero attached hydrogens (tertiary/aromatic N) is 2. The van der Waals surface area contributed by atoms with E-state index in [-0.39, 0.29) is 5.91 Å². The lowest BCUT2D eigenvalue weighted by molar-refractivity contribution is -0.121. The summed E-state index contributed by atoms with van der Waals surface area (Å²) in [7, 11) is 3.33. The number of hydrogen-bond acceptors (Lipinski definition) is 5. The summed E-state index contributed by atoms with van der Waals surface area (Å²) in [6.45, 7) is 2.44. The van der Waals surface area contributed by atoms with Crippen molar-refractivity contribution in [1.82, 2.24) is 10.3 Å². The molecule has 2 heterocycles. The molecule has 3 aromatic rings. The third kappa shape index (κ3) is 5.31. The number of methoxy groups -OCH3 is 2. The van der Waals surface area contributed by atoms with Gasteiger partial charge in [-0.1, -0.05) is 24.3 Å². The van der Waals surface area contributed by atoms with E-state index in [4.69, 9.17) is 14.5 Å². The number of amides is 1. The van der Waals surface area contributed by atoms with E-state index >= 15 is 0 Å². The third-order valence-electron chi connectivity index (χ3n) is 6.13. The minimum Gasteiger partial charge on any atom is -0.497 e. The Morgan fingerprint density at radius 3 is 2.84 bits per heavy atom. The van der Waals surface area contributed by atoms with Crippen molar-refractivity contribution in [3.63, 3.8) is 0 Å². The molecule has 0 aliphatic carbocycles. The van der Waals surface area contributed by atoms with E-state index in [2.05, 4.69) is 28.4 Å². The smallest absolute Gasteiger partial charge is 0.220 e. The van der Waals surface area contributed by atoms with Crippen LogP contribution in [0.3, 0.4) is 0 Å². The number of pyridine rings is 1. The Kier molecular flexibility index (Phi) is 7.10. The number of anilines is 1. The van der Waals surface area contributed by atoms with Gasteiger partial charge < -0.3 is 19.7 Å². The van der Waals surface area contributed by atoms with Crippen molar-refractivity contribution < 1.29 is 14.3 Å². The molecule has 0 spiro atoms. The van der Waals surface area contributed by atoms with Crippen LogP contribution >= 0.6 is 0 Å². The average Bonchev–Trinajstić information content (AvgIpc) is 2.85. The van der Waals surface area contributed by atoms with Gasteiger partial charge in [0.05, 0.1) is 14.2 Å². The fourth-order valence-corrected chi connectivity index (χ4v) is 4.37. The van der Waals surface area contributed by atoms with Gasteiger partial charge >= 0.3 is 0 Å². The highest BCUT2D eigenvalue weighted by molar-refractivity contribution is 5.86. The standard InChI is InChI=1S/C26H31N3O3/c1-31-22-9-3-6-20(16-22)17-27-25(30)14-11-19-7-5-15-29(18-19)24-13-12-21-8-4-10-23(32-2)26(21)28-24/h3-4,6,8-10,12-13,16,19H,5,7,11,14-15,17-18H2,1-2H3,(H,27,30). The molecule has 32 heavy (non-hydrogen) atoms. The van der Waals surface area contributed by atoms with Crippen molar-refractivity contribution in [2.45, 2.75) is 32.2 Å². The van der Waals surface area contributed by atoms with Gasteiger partial charge in [0.2, 0.25) is 5.91 Å². The lowest BCUT2D eigenvalue weighted by Gasteiger charge is -2.33. The summed E-state index contributed by atoms with van der Waals surface area (Å²) in [6.07, 6.45) is 3.69. The highest BCUT2D eigenvalue weighted by atomic mass is 16.5. The van der Waals surface area contributed by atoms with Gasteiger partial charge in [-0.25, -0.2) is 4.98 Å². The number of aromatic nitrogens is 1. The summed E-state index contributed by atoms with van der Waals surface area (Å²) in [4.78, 5) is 19.6. The molecule has 1 fully saturated rings. The third-order valence-corrected chi connectivity index (χ3v) is 6.13. The van der Waals surface area contributed by atoms with Crippen LogP contribution in [0, 0.1) is 5.92 Å². The second kappa shape index (κ2) is 10.4. The number of para-hydroxylation sites is 1. The predicted octanol–water partition coefficient (Wildman–Crippen LogP) is 4.57. The van der Waals surface area contributed by atoms with Crippen molar-refractivity contribution in [2.75, 3.05) is 32.2 Å². The molecule has 6 heteroatoms. The fourth-order valence-electron chi connectivity index (χ4n) is 4.37. The SMILES string of the molecule is COc1cccc(CNC(=O)CCC2CCCN(c3ccc4cccc(OC)c4n3)C2)c1. The second-order valence-electron chi connectivity index (χ2n) is 8.32. The zero-order valence-corrected chi connectivity index (χ0v) is 18.8. The minimum absolute atomic E-state index is 0.0958. The van der Waals surface area contributed by atoms with Crippen LogP contribution in [0.1, 0.15) is 31.2 Å². The molecule has 1 atom stereocenters. The molecule has 1 aliphatic rings. The summed E-state index contributed by atoms with van der Waals surface area (Å²) in [5, 5.41) is 4.11. The van der Waals surface area contributed by atoms with Gasteiger partial charge in [-0.15, -0.1) is 0 Å². The molecule has 0 bridgehead atoms. The number of hydrogen-bond donors (Lipinski definition) is 1. The molecule has 6 nitrogen and oxygen atoms in total. The molecule has 1 aliphatic heterocycles. The van der Waals surface area contributed by atoms with Gasteiger partial charge in [-0.05, 0) is 61.1 Å². The Labute approximate surface area is 189 Å². The molecule has 0 saturated carbocycles. The molecule has 1 unspecified atom stereocenters. The Morgan fingerprint density at radius 1 is 1.12 bits per heavy atom. The summed E-state index contributed by atoms with van der Waals surface area (Å²) in [6, 6.07) is 18.0. The van der Waals surface area contributed by atoms with Crippen LogP contribution in [0.25, 0.3) is 10.9 Å². The quantitative estimate of drug-likeness (QED) is 0.564. The van der Waals surface area contributed by atoms with Crippen LogP contribution in [0.15, 0.2) is 54.6 Å². The fraction of sp³-hybridized carbons (Fsp3) is 0.385. The summed E-state index contributed by atoms with van der Waals surface area (Å²) < 4.78 is 10.7. The van der Waals surface area contributed by atoms with E-state index in [1.807, 2.05) is 36.4 Å². The number of fused-ring (bicyclic) bond motifs is 1. The van der Waals surface area contributed by atoms with Gasteiger partial charge in [0.25, 0.3) is 0 Å². The molecule has 1 aromatic heterocycles. The second-order valence-corrected chi connectivity index (χ2v) is 8.32. The zero-order chi connectivity index (χ0) is 22.3. The monoisotopic (exact) mass is 433 g/mol. The Bertz CT molecular complexity index is 1070. The first-order chi connectivity index (χ1) is 15.7. The van der Waals surface area contributed by atoms with Crippen LogP contribution in [-0.4, -0.2) is 38.2 Å². The van der Waals surface area contributed by atoms with Crippen molar-refractivity contribution in [1.29, 1.82) is 0 Å². The number of nitrogens with one attached hydrogen (secondary N) is 1. The normalized spacial score (nSPS) is 16.1. The van der Waals surface area contributed by atoms with Crippen LogP contribution in [0.4, 0.5) is 5.82 Å². The average molecular weight is 434 g/mol. The Hall–Kier alpha value is -3.28. The highest BCUT2D eigenvalue weighted by Crippen LogP contribution is 2.29. The minimum atomic E-state index is 0.0958. The number of carbonyl (C=O) groups is 1. The maximum absolute atomic E-state index is 12.4. The number of ether oxygens (including phenoxy) is 2. The van der Waals surface area contributed by atoms with Crippen molar-refractivity contribution in [3.8, 4) is 11.5 Å². The van der Waals surface area contributed by atoms with Crippen molar-refractivity contribution in [2.24, 2.45) is 5.92 Å². The van der Waals surface area contributed by atoms with Gasteiger partial charge in [0, 0.05) is 31.4 Å². The molecule has 0 radical (unpaired) electrons.